The number of fused-ring (bicyclic) bond motifs is 1. The van der Waals surface area contributed by atoms with E-state index in [1.165, 1.54) is 30.3 Å². The lowest BCUT2D eigenvalue weighted by atomic mass is 10.0. The van der Waals surface area contributed by atoms with Crippen LogP contribution in [0.3, 0.4) is 0 Å². The molecule has 0 aliphatic carbocycles. The Balaban J connectivity index is 1.50. The van der Waals surface area contributed by atoms with Crippen LogP contribution in [0.15, 0.2) is 86.9 Å². The van der Waals surface area contributed by atoms with E-state index in [0.717, 1.165) is 11.1 Å². The molecule has 1 aromatic heterocycles. The van der Waals surface area contributed by atoms with Crippen molar-refractivity contribution in [3.05, 3.63) is 105 Å². The molecule has 4 aromatic rings. The molecule has 0 amide bonds. The summed E-state index contributed by atoms with van der Waals surface area (Å²) in [6.07, 6.45) is 0. The number of benzene rings is 3. The van der Waals surface area contributed by atoms with Gasteiger partial charge in [0.25, 0.3) is 10.0 Å². The summed E-state index contributed by atoms with van der Waals surface area (Å²) < 4.78 is 38.3. The summed E-state index contributed by atoms with van der Waals surface area (Å²) in [7, 11) is -3.80. The van der Waals surface area contributed by atoms with Crippen molar-refractivity contribution in [2.24, 2.45) is 0 Å². The van der Waals surface area contributed by atoms with Crippen LogP contribution in [-0.2, 0) is 21.4 Å². The number of aryl methyl sites for hydroxylation is 2. The number of para-hydroxylation sites is 1. The number of nitrogens with one attached hydrogen (secondary N) is 1. The van der Waals surface area contributed by atoms with Gasteiger partial charge in [-0.2, -0.15) is 0 Å². The van der Waals surface area contributed by atoms with Crippen LogP contribution in [0.1, 0.15) is 27.0 Å². The highest BCUT2D eigenvalue weighted by atomic mass is 32.2. The van der Waals surface area contributed by atoms with Crippen LogP contribution in [0.2, 0.25) is 0 Å². The minimum absolute atomic E-state index is 0.0143. The SMILES string of the molecule is Cc1ccc2c(COC(=O)c3ccc(S(=O)(=O)Nc4ccccc4)cc3)cc(=O)oc2c1C. The van der Waals surface area contributed by atoms with E-state index in [1.807, 2.05) is 26.0 Å². The summed E-state index contributed by atoms with van der Waals surface area (Å²) in [5, 5.41) is 0.693. The molecule has 0 spiro atoms. The summed E-state index contributed by atoms with van der Waals surface area (Å²) in [5.41, 5.74) is 2.93. The Morgan fingerprint density at radius 3 is 2.36 bits per heavy atom. The van der Waals surface area contributed by atoms with Crippen LogP contribution in [0.5, 0.6) is 0 Å². The lowest BCUT2D eigenvalue weighted by Crippen LogP contribution is -2.13. The molecule has 0 radical (unpaired) electrons. The first kappa shape index (κ1) is 22.3. The van der Waals surface area contributed by atoms with E-state index in [2.05, 4.69) is 4.72 Å². The van der Waals surface area contributed by atoms with Crippen LogP contribution in [0, 0.1) is 13.8 Å². The van der Waals surface area contributed by atoms with Crippen molar-refractivity contribution in [1.82, 2.24) is 0 Å². The Bertz CT molecular complexity index is 1490. The van der Waals surface area contributed by atoms with Crippen molar-refractivity contribution in [1.29, 1.82) is 0 Å². The second-order valence-corrected chi connectivity index (χ2v) is 9.23. The molecule has 0 fully saturated rings. The van der Waals surface area contributed by atoms with Crippen LogP contribution < -0.4 is 10.3 Å². The number of hydrogen-bond donors (Lipinski definition) is 1. The average molecular weight is 464 g/mol. The molecule has 0 saturated heterocycles. The largest absolute Gasteiger partial charge is 0.457 e. The Morgan fingerprint density at radius 1 is 0.970 bits per heavy atom. The van der Waals surface area contributed by atoms with Gasteiger partial charge in [0.15, 0.2) is 0 Å². The molecule has 7 nitrogen and oxygen atoms in total. The molecule has 0 saturated carbocycles. The zero-order valence-electron chi connectivity index (χ0n) is 18.0. The molecule has 3 aromatic carbocycles. The summed E-state index contributed by atoms with van der Waals surface area (Å²) in [5.74, 6) is -0.639. The van der Waals surface area contributed by atoms with Crippen LogP contribution >= 0.6 is 0 Å². The lowest BCUT2D eigenvalue weighted by molar-refractivity contribution is 0.0473. The maximum atomic E-state index is 12.5. The lowest BCUT2D eigenvalue weighted by Gasteiger charge is -2.10. The van der Waals surface area contributed by atoms with Gasteiger partial charge in [-0.25, -0.2) is 18.0 Å². The summed E-state index contributed by atoms with van der Waals surface area (Å²) in [6, 6.07) is 19.0. The fraction of sp³-hybridized carbons (Fsp3) is 0.120. The topological polar surface area (TPSA) is 103 Å². The van der Waals surface area contributed by atoms with Gasteiger partial charge in [-0.3, -0.25) is 4.72 Å². The van der Waals surface area contributed by atoms with Crippen molar-refractivity contribution in [2.75, 3.05) is 4.72 Å². The molecule has 1 N–H and O–H groups in total. The van der Waals surface area contributed by atoms with E-state index >= 15 is 0 Å². The highest BCUT2D eigenvalue weighted by Gasteiger charge is 2.17. The van der Waals surface area contributed by atoms with Crippen molar-refractivity contribution in [3.8, 4) is 0 Å². The normalized spacial score (nSPS) is 11.3. The van der Waals surface area contributed by atoms with Crippen molar-refractivity contribution >= 4 is 32.6 Å². The van der Waals surface area contributed by atoms with E-state index in [-0.39, 0.29) is 17.1 Å². The van der Waals surface area contributed by atoms with E-state index in [4.69, 9.17) is 9.15 Å². The zero-order chi connectivity index (χ0) is 23.6. The third-order valence-electron chi connectivity index (χ3n) is 5.30. The third kappa shape index (κ3) is 4.80. The van der Waals surface area contributed by atoms with Crippen molar-refractivity contribution in [3.63, 3.8) is 0 Å². The molecule has 1 heterocycles. The van der Waals surface area contributed by atoms with Gasteiger partial charge in [-0.1, -0.05) is 30.3 Å². The molecule has 0 aliphatic heterocycles. The Morgan fingerprint density at radius 2 is 1.67 bits per heavy atom. The first-order valence-corrected chi connectivity index (χ1v) is 11.6. The smallest absolute Gasteiger partial charge is 0.338 e. The number of hydrogen-bond acceptors (Lipinski definition) is 6. The van der Waals surface area contributed by atoms with Gasteiger partial charge in [0.05, 0.1) is 10.5 Å². The number of carbonyl (C=O) groups is 1. The predicted molar refractivity (Wildman–Crippen MR) is 125 cm³/mol. The van der Waals surface area contributed by atoms with Crippen LogP contribution in [0.25, 0.3) is 11.0 Å². The van der Waals surface area contributed by atoms with Gasteiger partial charge < -0.3 is 9.15 Å². The Labute approximate surface area is 190 Å². The van der Waals surface area contributed by atoms with Gasteiger partial charge in [-0.15, -0.1) is 0 Å². The van der Waals surface area contributed by atoms with Crippen molar-refractivity contribution < 1.29 is 22.4 Å². The summed E-state index contributed by atoms with van der Waals surface area (Å²) in [4.78, 5) is 24.5. The van der Waals surface area contributed by atoms with Gasteiger partial charge in [-0.05, 0) is 61.4 Å². The maximum absolute atomic E-state index is 12.5. The van der Waals surface area contributed by atoms with E-state index in [1.54, 1.807) is 30.3 Å². The zero-order valence-corrected chi connectivity index (χ0v) is 18.8. The minimum Gasteiger partial charge on any atom is -0.457 e. The molecule has 0 bridgehead atoms. The summed E-state index contributed by atoms with van der Waals surface area (Å²) in [6.45, 7) is 3.65. The number of rotatable bonds is 6. The number of sulfonamides is 1. The van der Waals surface area contributed by atoms with E-state index in [0.29, 0.717) is 22.2 Å². The van der Waals surface area contributed by atoms with E-state index in [9.17, 15) is 18.0 Å². The highest BCUT2D eigenvalue weighted by Crippen LogP contribution is 2.24. The third-order valence-corrected chi connectivity index (χ3v) is 6.70. The molecule has 168 valence electrons. The Kier molecular flexibility index (Phi) is 6.02. The predicted octanol–water partition coefficient (Wildman–Crippen LogP) is 4.57. The van der Waals surface area contributed by atoms with Gasteiger partial charge >= 0.3 is 11.6 Å². The molecule has 0 unspecified atom stereocenters. The van der Waals surface area contributed by atoms with Crippen molar-refractivity contribution in [2.45, 2.75) is 25.3 Å². The standard InChI is InChI=1S/C25H21NO6S/c1-16-8-13-22-19(14-23(27)32-24(22)17(16)2)15-31-25(28)18-9-11-21(12-10-18)33(29,30)26-20-6-4-3-5-7-20/h3-14,26H,15H2,1-2H3. The fourth-order valence-electron chi connectivity index (χ4n) is 3.36. The first-order chi connectivity index (χ1) is 15.7. The molecule has 4 rings (SSSR count). The second kappa shape index (κ2) is 8.91. The molecule has 8 heteroatoms. The second-order valence-electron chi connectivity index (χ2n) is 7.55. The van der Waals surface area contributed by atoms with Gasteiger partial charge in [0.1, 0.15) is 12.2 Å². The van der Waals surface area contributed by atoms with Crippen LogP contribution in [-0.4, -0.2) is 14.4 Å². The monoisotopic (exact) mass is 463 g/mol. The molecule has 33 heavy (non-hydrogen) atoms. The van der Waals surface area contributed by atoms with E-state index < -0.39 is 21.6 Å². The Hall–Kier alpha value is -3.91. The molecule has 0 aliphatic rings. The number of anilines is 1. The highest BCUT2D eigenvalue weighted by molar-refractivity contribution is 7.92. The van der Waals surface area contributed by atoms with Gasteiger partial charge in [0.2, 0.25) is 0 Å². The fourth-order valence-corrected chi connectivity index (χ4v) is 4.42. The first-order valence-electron chi connectivity index (χ1n) is 10.1. The minimum atomic E-state index is -3.80. The van der Waals surface area contributed by atoms with Crippen LogP contribution in [0.4, 0.5) is 5.69 Å². The molecular weight excluding hydrogens is 442 g/mol. The molecule has 0 atom stereocenters. The average Bonchev–Trinajstić information content (AvgIpc) is 2.80. The number of esters is 1. The quantitative estimate of drug-likeness (QED) is 0.332. The number of carbonyl (C=O) groups excluding carboxylic acids is 1. The van der Waals surface area contributed by atoms with Gasteiger partial charge in [0, 0.05) is 22.7 Å². The number of ether oxygens (including phenoxy) is 1. The summed E-state index contributed by atoms with van der Waals surface area (Å²) >= 11 is 0. The molecular formula is C25H21NO6S. The maximum Gasteiger partial charge on any atom is 0.338 e.